The molecule has 0 atom stereocenters. The highest BCUT2D eigenvalue weighted by Crippen LogP contribution is 2.25. The zero-order valence-electron chi connectivity index (χ0n) is 9.78. The van der Waals surface area contributed by atoms with E-state index < -0.39 is 0 Å². The smallest absolute Gasteiger partial charge is 0.268 e. The van der Waals surface area contributed by atoms with Crippen molar-refractivity contribution in [3.05, 3.63) is 23.2 Å². The van der Waals surface area contributed by atoms with E-state index in [9.17, 15) is 4.79 Å². The van der Waals surface area contributed by atoms with Crippen LogP contribution >= 0.6 is 11.3 Å². The number of aromatic nitrogens is 1. The summed E-state index contributed by atoms with van der Waals surface area (Å²) >= 11 is 1.67. The fourth-order valence-corrected chi connectivity index (χ4v) is 2.66. The number of carbonyl (C=O) groups excluding carboxylic acids is 1. The normalized spacial score (nSPS) is 11.2. The van der Waals surface area contributed by atoms with E-state index in [0.29, 0.717) is 0 Å². The first-order valence-corrected chi connectivity index (χ1v) is 6.39. The van der Waals surface area contributed by atoms with Gasteiger partial charge in [-0.1, -0.05) is 0 Å². The van der Waals surface area contributed by atoms with Gasteiger partial charge in [0, 0.05) is 12.6 Å². The Hall–Kier alpha value is -1.29. The molecule has 2 aromatic rings. The molecule has 0 bridgehead atoms. The molecule has 0 saturated heterocycles. The molecule has 0 aliphatic carbocycles. The van der Waals surface area contributed by atoms with Gasteiger partial charge in [0.25, 0.3) is 5.91 Å². The van der Waals surface area contributed by atoms with Crippen molar-refractivity contribution < 1.29 is 4.79 Å². The SMILES string of the molecule is CCn1c(C(=O)NC(C)C)cc2sccc21. The second-order valence-electron chi connectivity index (χ2n) is 4.07. The molecule has 0 unspecified atom stereocenters. The van der Waals surface area contributed by atoms with Gasteiger partial charge in [-0.05, 0) is 38.3 Å². The largest absolute Gasteiger partial charge is 0.349 e. The van der Waals surface area contributed by atoms with Crippen LogP contribution in [0.3, 0.4) is 0 Å². The molecule has 0 saturated carbocycles. The molecule has 0 spiro atoms. The molecule has 86 valence electrons. The third kappa shape index (κ3) is 1.85. The van der Waals surface area contributed by atoms with Crippen LogP contribution < -0.4 is 5.32 Å². The fourth-order valence-electron chi connectivity index (χ4n) is 1.84. The molecular formula is C12H16N2OS. The number of carbonyl (C=O) groups is 1. The molecule has 4 heteroatoms. The molecule has 3 nitrogen and oxygen atoms in total. The molecule has 0 aromatic carbocycles. The van der Waals surface area contributed by atoms with Crippen molar-refractivity contribution in [3.8, 4) is 0 Å². The summed E-state index contributed by atoms with van der Waals surface area (Å²) in [5.41, 5.74) is 1.92. The first kappa shape index (κ1) is 11.2. The zero-order chi connectivity index (χ0) is 11.7. The van der Waals surface area contributed by atoms with Crippen LogP contribution in [0.5, 0.6) is 0 Å². The van der Waals surface area contributed by atoms with Gasteiger partial charge in [0.15, 0.2) is 0 Å². The van der Waals surface area contributed by atoms with Gasteiger partial charge in [-0.2, -0.15) is 0 Å². The van der Waals surface area contributed by atoms with E-state index in [1.54, 1.807) is 11.3 Å². The number of nitrogens with one attached hydrogen (secondary N) is 1. The molecule has 2 rings (SSSR count). The van der Waals surface area contributed by atoms with Crippen LogP contribution in [0, 0.1) is 0 Å². The van der Waals surface area contributed by atoms with Crippen LogP contribution in [0.1, 0.15) is 31.3 Å². The average Bonchev–Trinajstić information content (AvgIpc) is 2.74. The summed E-state index contributed by atoms with van der Waals surface area (Å²) in [6.07, 6.45) is 0. The standard InChI is InChI=1S/C12H16N2OS/c1-4-14-9-5-6-16-11(9)7-10(14)12(15)13-8(2)3/h5-8H,4H2,1-3H3,(H,13,15). The lowest BCUT2D eigenvalue weighted by Crippen LogP contribution is -2.31. The quantitative estimate of drug-likeness (QED) is 0.873. The number of hydrogen-bond donors (Lipinski definition) is 1. The highest BCUT2D eigenvalue weighted by atomic mass is 32.1. The van der Waals surface area contributed by atoms with Gasteiger partial charge in [0.2, 0.25) is 0 Å². The van der Waals surface area contributed by atoms with Crippen molar-refractivity contribution >= 4 is 27.5 Å². The predicted molar refractivity (Wildman–Crippen MR) is 68.1 cm³/mol. The van der Waals surface area contributed by atoms with Gasteiger partial charge in [-0.3, -0.25) is 4.79 Å². The summed E-state index contributed by atoms with van der Waals surface area (Å²) in [5, 5.41) is 4.99. The first-order chi connectivity index (χ1) is 7.63. The molecule has 1 amide bonds. The van der Waals surface area contributed by atoms with Crippen molar-refractivity contribution in [1.82, 2.24) is 9.88 Å². The van der Waals surface area contributed by atoms with E-state index in [4.69, 9.17) is 0 Å². The van der Waals surface area contributed by atoms with Crippen molar-refractivity contribution in [2.24, 2.45) is 0 Å². The topological polar surface area (TPSA) is 34.0 Å². The van der Waals surface area contributed by atoms with Gasteiger partial charge in [-0.25, -0.2) is 0 Å². The van der Waals surface area contributed by atoms with Crippen molar-refractivity contribution in [2.75, 3.05) is 0 Å². The number of fused-ring (bicyclic) bond motifs is 1. The lowest BCUT2D eigenvalue weighted by atomic mass is 10.3. The van der Waals surface area contributed by atoms with E-state index in [0.717, 1.165) is 17.8 Å². The van der Waals surface area contributed by atoms with E-state index in [2.05, 4.69) is 28.3 Å². The summed E-state index contributed by atoms with van der Waals surface area (Å²) in [4.78, 5) is 12.0. The minimum Gasteiger partial charge on any atom is -0.349 e. The minimum atomic E-state index is 0.0141. The number of thiophene rings is 1. The van der Waals surface area contributed by atoms with Gasteiger partial charge < -0.3 is 9.88 Å². The highest BCUT2D eigenvalue weighted by Gasteiger charge is 2.15. The highest BCUT2D eigenvalue weighted by molar-refractivity contribution is 7.17. The lowest BCUT2D eigenvalue weighted by Gasteiger charge is -2.10. The van der Waals surface area contributed by atoms with Gasteiger partial charge >= 0.3 is 0 Å². The summed E-state index contributed by atoms with van der Waals surface area (Å²) < 4.78 is 3.24. The Kier molecular flexibility index (Phi) is 3.01. The van der Waals surface area contributed by atoms with Gasteiger partial charge in [0.05, 0.1) is 10.2 Å². The molecule has 0 aliphatic heterocycles. The van der Waals surface area contributed by atoms with Crippen LogP contribution in [-0.4, -0.2) is 16.5 Å². The number of hydrogen-bond acceptors (Lipinski definition) is 2. The van der Waals surface area contributed by atoms with Crippen molar-refractivity contribution in [2.45, 2.75) is 33.4 Å². The van der Waals surface area contributed by atoms with Gasteiger partial charge in [0.1, 0.15) is 5.69 Å². The summed E-state index contributed by atoms with van der Waals surface area (Å²) in [6, 6.07) is 4.21. The molecule has 0 aliphatic rings. The second-order valence-corrected chi connectivity index (χ2v) is 5.02. The summed E-state index contributed by atoms with van der Waals surface area (Å²) in [5.74, 6) is 0.0141. The van der Waals surface area contributed by atoms with Crippen molar-refractivity contribution in [3.63, 3.8) is 0 Å². The van der Waals surface area contributed by atoms with Crippen LogP contribution in [0.4, 0.5) is 0 Å². The molecule has 1 N–H and O–H groups in total. The van der Waals surface area contributed by atoms with Crippen LogP contribution in [0.15, 0.2) is 17.5 Å². The number of rotatable bonds is 3. The molecule has 0 radical (unpaired) electrons. The maximum Gasteiger partial charge on any atom is 0.268 e. The fraction of sp³-hybridized carbons (Fsp3) is 0.417. The Balaban J connectivity index is 2.43. The minimum absolute atomic E-state index is 0.0141. The third-order valence-electron chi connectivity index (χ3n) is 2.49. The Morgan fingerprint density at radius 3 is 2.94 bits per heavy atom. The predicted octanol–water partition coefficient (Wildman–Crippen LogP) is 2.86. The number of amides is 1. The van der Waals surface area contributed by atoms with Gasteiger partial charge in [-0.15, -0.1) is 11.3 Å². The Labute approximate surface area is 99.1 Å². The second kappa shape index (κ2) is 4.29. The maximum absolute atomic E-state index is 12.0. The molecule has 2 aromatic heterocycles. The van der Waals surface area contributed by atoms with E-state index in [-0.39, 0.29) is 11.9 Å². The van der Waals surface area contributed by atoms with Crippen LogP contribution in [0.25, 0.3) is 10.2 Å². The third-order valence-corrected chi connectivity index (χ3v) is 3.34. The number of nitrogens with zero attached hydrogens (tertiary/aromatic N) is 1. The zero-order valence-corrected chi connectivity index (χ0v) is 10.6. The molecule has 0 fully saturated rings. The molecule has 2 heterocycles. The average molecular weight is 236 g/mol. The molecule has 16 heavy (non-hydrogen) atoms. The summed E-state index contributed by atoms with van der Waals surface area (Å²) in [7, 11) is 0. The van der Waals surface area contributed by atoms with E-state index in [1.165, 1.54) is 4.70 Å². The monoisotopic (exact) mass is 236 g/mol. The lowest BCUT2D eigenvalue weighted by molar-refractivity contribution is 0.0934. The van der Waals surface area contributed by atoms with E-state index >= 15 is 0 Å². The van der Waals surface area contributed by atoms with Crippen LogP contribution in [-0.2, 0) is 6.54 Å². The maximum atomic E-state index is 12.0. The first-order valence-electron chi connectivity index (χ1n) is 5.51. The number of aryl methyl sites for hydroxylation is 1. The Bertz CT molecular complexity index is 510. The Morgan fingerprint density at radius 1 is 1.56 bits per heavy atom. The summed E-state index contributed by atoms with van der Waals surface area (Å²) in [6.45, 7) is 6.82. The van der Waals surface area contributed by atoms with E-state index in [1.807, 2.05) is 19.9 Å². The Morgan fingerprint density at radius 2 is 2.31 bits per heavy atom. The molecular weight excluding hydrogens is 220 g/mol. The van der Waals surface area contributed by atoms with Crippen LogP contribution in [0.2, 0.25) is 0 Å². The van der Waals surface area contributed by atoms with Crippen molar-refractivity contribution in [1.29, 1.82) is 0 Å².